The summed E-state index contributed by atoms with van der Waals surface area (Å²) >= 11 is 11.8. The summed E-state index contributed by atoms with van der Waals surface area (Å²) in [5.74, 6) is -5.40. The summed E-state index contributed by atoms with van der Waals surface area (Å²) < 4.78 is 147. The first-order chi connectivity index (χ1) is 60.8. The highest BCUT2D eigenvalue weighted by Crippen LogP contribution is 2.39. The van der Waals surface area contributed by atoms with Gasteiger partial charge in [0, 0.05) is 104 Å². The minimum Gasteiger partial charge on any atom is -0.505 e. The van der Waals surface area contributed by atoms with E-state index in [4.69, 9.17) is 66.8 Å². The topological polar surface area (TPSA) is 246 Å². The lowest BCUT2D eigenvalue weighted by Gasteiger charge is -2.16. The van der Waals surface area contributed by atoms with Gasteiger partial charge in [-0.05, 0) is 192 Å². The van der Waals surface area contributed by atoms with Gasteiger partial charge in [-0.25, -0.2) is 54.8 Å². The number of imidazole rings is 3. The van der Waals surface area contributed by atoms with E-state index in [9.17, 15) is 31.4 Å². The van der Waals surface area contributed by atoms with Crippen molar-refractivity contribution in [1.82, 2.24) is 59.7 Å². The standard InChI is InChI=1S/C32H40F2N4O3Si2.C20H12F2N4O.C15H11IN4.C12H18F2O2Si.C7H18OSi.C6H4F2O.CH2Cl2.CH4/c1-42(2,3)17-15-39-20-38-27-13-11-22(19-23(27)31(37-38)32-35-25-9-7-8-10-26(25)36-32)29-24(33)12-14-28(30(29)34)41-21-40-16-18-43(4,5)6;21-12-6-8-16(27)18(22)17(12)10-5-7-13-11(9-10)19(26-25-13)20-23-14-3-1-2-4-15(14)24-20;1-20-13-7-6-9(16)8-10(13)14(19-20)15-17-11-4-2-3-5-12(11)18-15;1-17(2,3)7-6-15-9-16-12-5-4-10(13)8-11(12)14;1-5-8-6-7-9(2,3)4;7-4-1-2-6(9)5(8)3-4;2-1-3;/h7-14,19H,15-18,20-21H2,1-6H3,(H,35,36);1-9,27H,(H,23,24)(H,25,26);2-8H,1H3,(H,17,18);4-5,8H,6-7,9H2,1-3H3;5-7H2,1-4H3;1-3,9H;1H2;1H4. The number of ether oxygens (including phenoxy) is 6. The van der Waals surface area contributed by atoms with Crippen LogP contribution in [0.5, 0.6) is 23.0 Å². The van der Waals surface area contributed by atoms with Gasteiger partial charge in [-0.15, -0.1) is 23.2 Å². The summed E-state index contributed by atoms with van der Waals surface area (Å²) in [6.45, 7) is 33.3. The molecule has 0 atom stereocenters. The molecule has 35 heteroatoms. The number of hydrogen-bond donors (Lipinski definition) is 6. The third-order valence-electron chi connectivity index (χ3n) is 19.5. The Morgan fingerprint density at radius 3 is 1.35 bits per heavy atom. The van der Waals surface area contributed by atoms with Gasteiger partial charge in [0.1, 0.15) is 47.1 Å². The van der Waals surface area contributed by atoms with Crippen LogP contribution in [0.15, 0.2) is 188 Å². The van der Waals surface area contributed by atoms with Crippen LogP contribution in [0.3, 0.4) is 0 Å². The van der Waals surface area contributed by atoms with E-state index < -0.39 is 90.3 Å². The molecule has 20 nitrogen and oxygen atoms in total. The van der Waals surface area contributed by atoms with Gasteiger partial charge in [0.15, 0.2) is 77.3 Å². The predicted octanol–water partition coefficient (Wildman–Crippen LogP) is 26.8. The van der Waals surface area contributed by atoms with E-state index in [2.05, 4.69) is 160 Å². The number of hydrogen-bond acceptors (Lipinski definition) is 14. The number of aromatic amines is 4. The van der Waals surface area contributed by atoms with Crippen molar-refractivity contribution in [2.75, 3.05) is 52.0 Å². The Labute approximate surface area is 772 Å². The predicted molar refractivity (Wildman–Crippen MR) is 523 cm³/mol. The van der Waals surface area contributed by atoms with E-state index in [0.717, 1.165) is 129 Å². The lowest BCUT2D eigenvalue weighted by Crippen LogP contribution is -2.22. The molecule has 16 aromatic rings. The zero-order valence-corrected chi connectivity index (χ0v) is 81.3. The van der Waals surface area contributed by atoms with Crippen LogP contribution in [0.4, 0.5) is 35.1 Å². The molecule has 0 fully saturated rings. The maximum atomic E-state index is 15.7. The fourth-order valence-electron chi connectivity index (χ4n) is 12.5. The molecule has 129 heavy (non-hydrogen) atoms. The zero-order valence-electron chi connectivity index (χ0n) is 73.7. The summed E-state index contributed by atoms with van der Waals surface area (Å²) in [6, 6.07) is 54.4. The Kier molecular flexibility index (Phi) is 37.3. The van der Waals surface area contributed by atoms with Crippen LogP contribution >= 0.6 is 45.8 Å². The number of aromatic nitrogens is 12. The van der Waals surface area contributed by atoms with Gasteiger partial charge in [0.2, 0.25) is 0 Å². The first-order valence-electron chi connectivity index (χ1n) is 41.2. The first kappa shape index (κ1) is 102. The number of fused-ring (bicyclic) bond motifs is 6. The van der Waals surface area contributed by atoms with Crippen molar-refractivity contribution in [2.24, 2.45) is 7.05 Å². The second kappa shape index (κ2) is 47.0. The van der Waals surface area contributed by atoms with Crippen LogP contribution in [0, 0.1) is 50.1 Å². The van der Waals surface area contributed by atoms with Crippen LogP contribution < -0.4 is 9.47 Å². The Morgan fingerprint density at radius 2 is 0.845 bits per heavy atom. The number of halogens is 11. The molecule has 0 aliphatic rings. The molecule has 0 aliphatic heterocycles. The molecule has 16 rings (SSSR count). The highest BCUT2D eigenvalue weighted by molar-refractivity contribution is 14.1. The second-order valence-corrected chi connectivity index (χ2v) is 59.0. The maximum Gasteiger partial charge on any atom is 0.189 e. The number of benzene rings is 10. The number of phenols is 2. The summed E-state index contributed by atoms with van der Waals surface area (Å²) in [5.41, 5.74) is 10.2. The number of aryl methyl sites for hydroxylation is 1. The largest absolute Gasteiger partial charge is 0.505 e. The van der Waals surface area contributed by atoms with Gasteiger partial charge in [-0.2, -0.15) is 15.3 Å². The van der Waals surface area contributed by atoms with E-state index in [1.807, 2.05) is 97.5 Å². The SMILES string of the molecule is C.CCOCC[Si](C)(C)C.C[Si](C)(C)CCOCOc1ccc(F)c(-c2ccc3c(c2)c(-c2nc4ccccc4[nH]2)nn3COCC[Si](C)(C)C)c1F.C[Si](C)(C)CCOCOc1ccc(F)cc1F.ClCCl.Cn1nc(-c2nc3ccccc3[nH]2)c2cc(I)ccc21.Oc1ccc(F)c(-c2ccc3[nH]nc(-c4nc5ccccc5[nH]4)c3c2)c1F.Oc1ccc(F)cc1F. The van der Waals surface area contributed by atoms with Crippen molar-refractivity contribution in [3.63, 3.8) is 0 Å². The molecular formula is C94H109Cl2F8IN12O8Si4. The van der Waals surface area contributed by atoms with E-state index in [0.29, 0.717) is 76.3 Å². The molecule has 10 aromatic carbocycles. The minimum atomic E-state index is -1.26. The van der Waals surface area contributed by atoms with E-state index >= 15 is 8.78 Å². The highest BCUT2D eigenvalue weighted by atomic mass is 127. The molecule has 0 radical (unpaired) electrons. The monoisotopic (exact) mass is 1990 g/mol. The van der Waals surface area contributed by atoms with Crippen molar-refractivity contribution in [3.8, 4) is 79.8 Å². The molecule has 6 N–H and O–H groups in total. The second-order valence-electron chi connectivity index (χ2n) is 34.4. The third-order valence-corrected chi connectivity index (χ3v) is 27.0. The van der Waals surface area contributed by atoms with Crippen LogP contribution in [-0.4, -0.2) is 154 Å². The van der Waals surface area contributed by atoms with Crippen molar-refractivity contribution in [1.29, 1.82) is 0 Å². The number of nitrogens with one attached hydrogen (secondary N) is 4. The van der Waals surface area contributed by atoms with Crippen molar-refractivity contribution >= 4 is 144 Å². The summed E-state index contributed by atoms with van der Waals surface area (Å²) in [5, 5.41) is 37.4. The Balaban J connectivity index is 0.000000188. The molecule has 0 unspecified atom stereocenters. The lowest BCUT2D eigenvalue weighted by atomic mass is 10.0. The molecule has 0 saturated carbocycles. The average molecular weight is 2000 g/mol. The van der Waals surface area contributed by atoms with Gasteiger partial charge >= 0.3 is 0 Å². The third kappa shape index (κ3) is 29.6. The normalized spacial score (nSPS) is 11.5. The van der Waals surface area contributed by atoms with Gasteiger partial charge in [0.25, 0.3) is 0 Å². The lowest BCUT2D eigenvalue weighted by molar-refractivity contribution is 0.0195. The smallest absolute Gasteiger partial charge is 0.189 e. The molecule has 0 aliphatic carbocycles. The van der Waals surface area contributed by atoms with Crippen LogP contribution in [0.25, 0.3) is 123 Å². The Bertz CT molecular complexity index is 6280. The molecular weight excluding hydrogens is 1890 g/mol. The van der Waals surface area contributed by atoms with Gasteiger partial charge < -0.3 is 53.6 Å². The average Bonchev–Trinajstić information content (AvgIpc) is 1.62. The van der Waals surface area contributed by atoms with Crippen molar-refractivity contribution in [2.45, 2.75) is 124 Å². The Hall–Kier alpha value is -10.3. The highest BCUT2D eigenvalue weighted by Gasteiger charge is 2.25. The van der Waals surface area contributed by atoms with E-state index in [1.54, 1.807) is 35.0 Å². The molecule has 0 saturated heterocycles. The summed E-state index contributed by atoms with van der Waals surface area (Å²) in [4.78, 5) is 23.8. The first-order valence-corrected chi connectivity index (χ1v) is 58.2. The molecule has 6 aromatic heterocycles. The molecule has 0 spiro atoms. The van der Waals surface area contributed by atoms with E-state index in [1.165, 1.54) is 27.8 Å². The molecule has 686 valence electrons. The number of H-pyrrole nitrogens is 4. The molecule has 0 bridgehead atoms. The summed E-state index contributed by atoms with van der Waals surface area (Å²) in [7, 11) is -2.48. The summed E-state index contributed by atoms with van der Waals surface area (Å²) in [6.07, 6.45) is 0. The van der Waals surface area contributed by atoms with Crippen LogP contribution in [0.1, 0.15) is 14.4 Å². The van der Waals surface area contributed by atoms with Crippen LogP contribution in [-0.2, 0) is 32.7 Å². The number of para-hydroxylation sites is 6. The Morgan fingerprint density at radius 1 is 0.419 bits per heavy atom. The van der Waals surface area contributed by atoms with Crippen LogP contribution in [0.2, 0.25) is 103 Å². The van der Waals surface area contributed by atoms with Gasteiger partial charge in [-0.1, -0.05) is 135 Å². The fourth-order valence-corrected chi connectivity index (χ4v) is 16.0. The number of alkyl halides is 2. The number of aromatic hydroxyl groups is 2. The van der Waals surface area contributed by atoms with Gasteiger partial charge in [-0.3, -0.25) is 9.78 Å². The molecule has 0 amide bonds. The fraction of sp³-hybridized carbons (Fsp3) is 0.298. The quantitative estimate of drug-likeness (QED) is 0.00737. The maximum absolute atomic E-state index is 15.7. The number of phenolic OH excluding ortho intramolecular Hbond substituents is 2. The zero-order chi connectivity index (χ0) is 92.8. The minimum absolute atomic E-state index is 0. The van der Waals surface area contributed by atoms with Gasteiger partial charge in [0.05, 0.1) is 66.1 Å². The number of nitrogens with zero attached hydrogens (tertiary/aromatic N) is 8. The molecule has 6 heterocycles. The van der Waals surface area contributed by atoms with Crippen molar-refractivity contribution in [3.05, 3.63) is 238 Å². The number of rotatable bonds is 26. The van der Waals surface area contributed by atoms with E-state index in [-0.39, 0.29) is 55.7 Å². The van der Waals surface area contributed by atoms with Crippen molar-refractivity contribution < 1.29 is 73.8 Å².